The molecule has 2 rings (SSSR count). The van der Waals surface area contributed by atoms with Crippen LogP contribution in [0.4, 0.5) is 0 Å². The van der Waals surface area contributed by atoms with Crippen LogP contribution in [0.25, 0.3) is 0 Å². The maximum absolute atomic E-state index is 10.9. The number of hydrogen-bond donors (Lipinski definition) is 0. The Kier molecular flexibility index (Phi) is 1.60. The fourth-order valence-corrected chi connectivity index (χ4v) is 1.86. The van der Waals surface area contributed by atoms with Gasteiger partial charge in [-0.1, -0.05) is 0 Å². The van der Waals surface area contributed by atoms with Crippen LogP contribution in [-0.4, -0.2) is 25.3 Å². The minimum absolute atomic E-state index is 0.105. The predicted octanol–water partition coefficient (Wildman–Crippen LogP) is 0.727. The molecule has 1 saturated carbocycles. The smallest absolute Gasteiger partial charge is 0.305 e. The second-order valence-electron chi connectivity index (χ2n) is 3.26. The fourth-order valence-electron chi connectivity index (χ4n) is 1.86. The highest BCUT2D eigenvalue weighted by atomic mass is 16.6. The van der Waals surface area contributed by atoms with Gasteiger partial charge in [-0.05, 0) is 18.8 Å². The van der Waals surface area contributed by atoms with Crippen molar-refractivity contribution in [3.63, 3.8) is 0 Å². The zero-order chi connectivity index (χ0) is 7.84. The Bertz CT molecular complexity index is 178. The van der Waals surface area contributed by atoms with Gasteiger partial charge in [-0.2, -0.15) is 0 Å². The van der Waals surface area contributed by atoms with Crippen molar-refractivity contribution in [2.24, 2.45) is 5.92 Å². The number of ether oxygens (including phenoxy) is 2. The van der Waals surface area contributed by atoms with Crippen molar-refractivity contribution in [3.8, 4) is 0 Å². The highest BCUT2D eigenvalue weighted by molar-refractivity contribution is 5.69. The van der Waals surface area contributed by atoms with Crippen LogP contribution in [0.1, 0.15) is 19.3 Å². The maximum atomic E-state index is 10.9. The molecule has 1 heterocycles. The molecule has 0 unspecified atom stereocenters. The molecule has 0 bridgehead atoms. The molecular formula is C8H12O3. The van der Waals surface area contributed by atoms with Gasteiger partial charge in [-0.3, -0.25) is 4.79 Å². The van der Waals surface area contributed by atoms with Gasteiger partial charge in [0.05, 0.1) is 25.7 Å². The van der Waals surface area contributed by atoms with E-state index in [1.54, 1.807) is 0 Å². The van der Waals surface area contributed by atoms with Crippen LogP contribution >= 0.6 is 0 Å². The van der Waals surface area contributed by atoms with E-state index in [0.717, 1.165) is 12.8 Å². The first-order valence-corrected chi connectivity index (χ1v) is 4.03. The predicted molar refractivity (Wildman–Crippen MR) is 38.0 cm³/mol. The Morgan fingerprint density at radius 3 is 2.91 bits per heavy atom. The third-order valence-electron chi connectivity index (χ3n) is 2.56. The van der Waals surface area contributed by atoms with E-state index >= 15 is 0 Å². The Hall–Kier alpha value is -0.570. The van der Waals surface area contributed by atoms with Crippen molar-refractivity contribution >= 4 is 5.97 Å². The van der Waals surface area contributed by atoms with E-state index in [2.05, 4.69) is 4.74 Å². The van der Waals surface area contributed by atoms with Gasteiger partial charge in [-0.15, -0.1) is 0 Å². The lowest BCUT2D eigenvalue weighted by molar-refractivity contribution is -0.141. The molecule has 1 saturated heterocycles. The van der Waals surface area contributed by atoms with Gasteiger partial charge in [0.25, 0.3) is 0 Å². The van der Waals surface area contributed by atoms with E-state index in [-0.39, 0.29) is 5.97 Å². The van der Waals surface area contributed by atoms with Crippen molar-refractivity contribution in [2.75, 3.05) is 7.11 Å². The van der Waals surface area contributed by atoms with E-state index in [9.17, 15) is 4.79 Å². The zero-order valence-corrected chi connectivity index (χ0v) is 6.58. The summed E-state index contributed by atoms with van der Waals surface area (Å²) in [6, 6.07) is 0. The number of hydrogen-bond acceptors (Lipinski definition) is 3. The SMILES string of the molecule is COC(=O)C[C@@H]1CC[C@@H]2O[C@H]12. The molecule has 2 fully saturated rings. The maximum Gasteiger partial charge on any atom is 0.305 e. The molecule has 62 valence electrons. The lowest BCUT2D eigenvalue weighted by Gasteiger charge is -2.07. The Morgan fingerprint density at radius 1 is 1.64 bits per heavy atom. The summed E-state index contributed by atoms with van der Waals surface area (Å²) in [6.45, 7) is 0. The Labute approximate surface area is 65.7 Å². The van der Waals surface area contributed by atoms with E-state index in [0.29, 0.717) is 24.5 Å². The van der Waals surface area contributed by atoms with Crippen LogP contribution in [0.5, 0.6) is 0 Å². The molecule has 1 aliphatic carbocycles. The Morgan fingerprint density at radius 2 is 2.45 bits per heavy atom. The van der Waals surface area contributed by atoms with Gasteiger partial charge in [0.2, 0.25) is 0 Å². The van der Waals surface area contributed by atoms with Gasteiger partial charge >= 0.3 is 5.97 Å². The number of carbonyl (C=O) groups excluding carboxylic acids is 1. The second-order valence-corrected chi connectivity index (χ2v) is 3.26. The van der Waals surface area contributed by atoms with Crippen molar-refractivity contribution in [3.05, 3.63) is 0 Å². The monoisotopic (exact) mass is 156 g/mol. The quantitative estimate of drug-likeness (QED) is 0.437. The molecule has 3 atom stereocenters. The average Bonchev–Trinajstić information content (AvgIpc) is 2.70. The third kappa shape index (κ3) is 1.25. The summed E-state index contributed by atoms with van der Waals surface area (Å²) in [6.07, 6.45) is 3.66. The number of rotatable bonds is 2. The average molecular weight is 156 g/mol. The first-order chi connectivity index (χ1) is 5.31. The highest BCUT2D eigenvalue weighted by Crippen LogP contribution is 2.44. The third-order valence-corrected chi connectivity index (χ3v) is 2.56. The normalized spacial score (nSPS) is 39.9. The highest BCUT2D eigenvalue weighted by Gasteiger charge is 2.50. The first-order valence-electron chi connectivity index (χ1n) is 4.03. The van der Waals surface area contributed by atoms with Crippen LogP contribution in [-0.2, 0) is 14.3 Å². The molecule has 0 aromatic heterocycles. The van der Waals surface area contributed by atoms with E-state index in [1.807, 2.05) is 0 Å². The molecule has 11 heavy (non-hydrogen) atoms. The van der Waals surface area contributed by atoms with E-state index < -0.39 is 0 Å². The molecule has 0 amide bonds. The van der Waals surface area contributed by atoms with Crippen molar-refractivity contribution < 1.29 is 14.3 Å². The topological polar surface area (TPSA) is 38.8 Å². The van der Waals surface area contributed by atoms with Gasteiger partial charge in [0, 0.05) is 0 Å². The fraction of sp³-hybridized carbons (Fsp3) is 0.875. The number of epoxide rings is 1. The Balaban J connectivity index is 1.82. The van der Waals surface area contributed by atoms with Crippen LogP contribution < -0.4 is 0 Å². The molecule has 0 aromatic carbocycles. The molecule has 2 aliphatic rings. The number of esters is 1. The lowest BCUT2D eigenvalue weighted by atomic mass is 10.0. The summed E-state index contributed by atoms with van der Waals surface area (Å²) in [5, 5.41) is 0. The lowest BCUT2D eigenvalue weighted by Crippen LogP contribution is -2.12. The number of carbonyl (C=O) groups is 1. The largest absolute Gasteiger partial charge is 0.469 e. The number of methoxy groups -OCH3 is 1. The summed E-state index contributed by atoms with van der Waals surface area (Å²) in [5.41, 5.74) is 0. The molecule has 0 aromatic rings. The van der Waals surface area contributed by atoms with Gasteiger partial charge in [0.1, 0.15) is 0 Å². The summed E-state index contributed by atoms with van der Waals surface area (Å²) in [7, 11) is 1.43. The summed E-state index contributed by atoms with van der Waals surface area (Å²) >= 11 is 0. The van der Waals surface area contributed by atoms with Gasteiger partial charge in [0.15, 0.2) is 0 Å². The molecule has 0 radical (unpaired) electrons. The molecule has 0 spiro atoms. The number of fused-ring (bicyclic) bond motifs is 1. The van der Waals surface area contributed by atoms with Crippen LogP contribution in [0, 0.1) is 5.92 Å². The molecule has 0 N–H and O–H groups in total. The molecular weight excluding hydrogens is 144 g/mol. The summed E-state index contributed by atoms with van der Waals surface area (Å²) in [4.78, 5) is 10.9. The molecule has 3 nitrogen and oxygen atoms in total. The standard InChI is InChI=1S/C8H12O3/c1-10-7(9)4-5-2-3-6-8(5)11-6/h5-6,8H,2-4H2,1H3/t5-,6-,8+/m0/s1. The van der Waals surface area contributed by atoms with Crippen molar-refractivity contribution in [1.82, 2.24) is 0 Å². The first kappa shape index (κ1) is 7.10. The van der Waals surface area contributed by atoms with Crippen molar-refractivity contribution in [1.29, 1.82) is 0 Å². The summed E-state index contributed by atoms with van der Waals surface area (Å²) in [5.74, 6) is 0.332. The van der Waals surface area contributed by atoms with E-state index in [4.69, 9.17) is 4.74 Å². The van der Waals surface area contributed by atoms with Crippen LogP contribution in [0.2, 0.25) is 0 Å². The van der Waals surface area contributed by atoms with Crippen LogP contribution in [0.3, 0.4) is 0 Å². The molecule has 1 aliphatic heterocycles. The minimum Gasteiger partial charge on any atom is -0.469 e. The van der Waals surface area contributed by atoms with E-state index in [1.165, 1.54) is 7.11 Å². The summed E-state index contributed by atoms with van der Waals surface area (Å²) < 4.78 is 9.89. The van der Waals surface area contributed by atoms with Gasteiger partial charge < -0.3 is 9.47 Å². The second kappa shape index (κ2) is 2.48. The zero-order valence-electron chi connectivity index (χ0n) is 6.58. The van der Waals surface area contributed by atoms with Gasteiger partial charge in [-0.25, -0.2) is 0 Å². The van der Waals surface area contributed by atoms with Crippen molar-refractivity contribution in [2.45, 2.75) is 31.5 Å². The molecule has 3 heteroatoms. The minimum atomic E-state index is -0.105. The van der Waals surface area contributed by atoms with Crippen LogP contribution in [0.15, 0.2) is 0 Å².